The average molecular weight is 184 g/mol. The summed E-state index contributed by atoms with van der Waals surface area (Å²) in [6, 6.07) is 0. The van der Waals surface area contributed by atoms with Crippen LogP contribution in [0.2, 0.25) is 0 Å². The summed E-state index contributed by atoms with van der Waals surface area (Å²) in [7, 11) is 3.69. The molecule has 0 unspecified atom stereocenters. The Morgan fingerprint density at radius 3 is 2.00 bits per heavy atom. The van der Waals surface area contributed by atoms with E-state index in [0.717, 1.165) is 12.8 Å². The molecule has 1 amide bonds. The van der Waals surface area contributed by atoms with Crippen molar-refractivity contribution in [3.63, 3.8) is 0 Å². The molecular formula is C10H20N2O. The zero-order valence-corrected chi connectivity index (χ0v) is 9.27. The first-order valence-electron chi connectivity index (χ1n) is 4.78. The lowest BCUT2D eigenvalue weighted by atomic mass is 9.77. The summed E-state index contributed by atoms with van der Waals surface area (Å²) < 4.78 is 0. The predicted molar refractivity (Wildman–Crippen MR) is 53.0 cm³/mol. The number of hydrogen-bond acceptors (Lipinski definition) is 2. The topological polar surface area (TPSA) is 32.3 Å². The first kappa shape index (κ1) is 10.5. The van der Waals surface area contributed by atoms with E-state index in [1.807, 2.05) is 14.1 Å². The molecule has 0 radical (unpaired) electrons. The van der Waals surface area contributed by atoms with Gasteiger partial charge in [0, 0.05) is 14.1 Å². The summed E-state index contributed by atoms with van der Waals surface area (Å²) >= 11 is 0. The molecule has 0 spiro atoms. The monoisotopic (exact) mass is 184 g/mol. The second kappa shape index (κ2) is 2.98. The van der Waals surface area contributed by atoms with Crippen LogP contribution in [0, 0.1) is 10.8 Å². The van der Waals surface area contributed by atoms with Crippen LogP contribution in [0.1, 0.15) is 33.6 Å². The average Bonchev–Trinajstić information content (AvgIpc) is 2.60. The largest absolute Gasteiger partial charge is 0.289 e. The number of hydrazine groups is 1. The molecule has 3 nitrogen and oxygen atoms in total. The molecule has 1 saturated carbocycles. The van der Waals surface area contributed by atoms with Crippen molar-refractivity contribution in [2.75, 3.05) is 14.1 Å². The molecule has 0 aromatic carbocycles. The first-order valence-corrected chi connectivity index (χ1v) is 4.78. The minimum atomic E-state index is -0.114. The van der Waals surface area contributed by atoms with E-state index in [-0.39, 0.29) is 16.7 Å². The van der Waals surface area contributed by atoms with Crippen molar-refractivity contribution in [1.82, 2.24) is 10.4 Å². The molecule has 1 rings (SSSR count). The van der Waals surface area contributed by atoms with Crippen molar-refractivity contribution in [3.05, 3.63) is 0 Å². The molecule has 1 fully saturated rings. The summed E-state index contributed by atoms with van der Waals surface area (Å²) in [4.78, 5) is 11.8. The molecule has 1 N–H and O–H groups in total. The molecular weight excluding hydrogens is 164 g/mol. The molecule has 0 aliphatic heterocycles. The molecule has 0 aromatic heterocycles. The van der Waals surface area contributed by atoms with E-state index in [0.29, 0.717) is 0 Å². The second-order valence-corrected chi connectivity index (χ2v) is 5.17. The lowest BCUT2D eigenvalue weighted by Crippen LogP contribution is -2.45. The van der Waals surface area contributed by atoms with Gasteiger partial charge >= 0.3 is 0 Å². The third-order valence-electron chi connectivity index (χ3n) is 2.95. The Hall–Kier alpha value is -0.570. The van der Waals surface area contributed by atoms with Crippen LogP contribution in [0.25, 0.3) is 0 Å². The van der Waals surface area contributed by atoms with E-state index in [9.17, 15) is 4.79 Å². The third kappa shape index (κ3) is 1.85. The van der Waals surface area contributed by atoms with Gasteiger partial charge in [0.15, 0.2) is 0 Å². The molecule has 0 atom stereocenters. The predicted octanol–water partition coefficient (Wildman–Crippen LogP) is 1.41. The highest BCUT2D eigenvalue weighted by Crippen LogP contribution is 2.58. The van der Waals surface area contributed by atoms with Gasteiger partial charge in [0.2, 0.25) is 5.91 Å². The fourth-order valence-electron chi connectivity index (χ4n) is 1.75. The maximum Gasteiger partial charge on any atom is 0.241 e. The molecule has 13 heavy (non-hydrogen) atoms. The van der Waals surface area contributed by atoms with Gasteiger partial charge in [-0.05, 0) is 18.3 Å². The van der Waals surface area contributed by atoms with Crippen molar-refractivity contribution in [2.45, 2.75) is 33.6 Å². The van der Waals surface area contributed by atoms with Gasteiger partial charge in [0.1, 0.15) is 0 Å². The number of amides is 1. The number of rotatable bonds is 2. The molecule has 0 saturated heterocycles. The van der Waals surface area contributed by atoms with E-state index in [1.165, 1.54) is 0 Å². The third-order valence-corrected chi connectivity index (χ3v) is 2.95. The number of carbonyl (C=O) groups is 1. The van der Waals surface area contributed by atoms with E-state index >= 15 is 0 Å². The minimum Gasteiger partial charge on any atom is -0.289 e. The maximum absolute atomic E-state index is 11.8. The second-order valence-electron chi connectivity index (χ2n) is 5.17. The lowest BCUT2D eigenvalue weighted by molar-refractivity contribution is -0.134. The fourth-order valence-corrected chi connectivity index (χ4v) is 1.75. The fraction of sp³-hybridized carbons (Fsp3) is 0.900. The Morgan fingerprint density at radius 1 is 1.31 bits per heavy atom. The highest BCUT2D eigenvalue weighted by atomic mass is 16.2. The summed E-state index contributed by atoms with van der Waals surface area (Å²) in [6.45, 7) is 6.40. The van der Waals surface area contributed by atoms with E-state index in [4.69, 9.17) is 0 Å². The van der Waals surface area contributed by atoms with Gasteiger partial charge in [0.05, 0.1) is 5.41 Å². The standard InChI is InChI=1S/C10H20N2O/c1-9(2,3)10(6-7-10)8(13)11-12(4)5/h6-7H2,1-5H3,(H,11,13). The minimum absolute atomic E-state index is 0.0765. The molecule has 1 aliphatic carbocycles. The molecule has 0 bridgehead atoms. The van der Waals surface area contributed by atoms with Gasteiger partial charge < -0.3 is 0 Å². The highest BCUT2D eigenvalue weighted by Gasteiger charge is 2.57. The normalized spacial score (nSPS) is 20.2. The molecule has 3 heteroatoms. The zero-order chi connectivity index (χ0) is 10.3. The Kier molecular flexibility index (Phi) is 2.41. The van der Waals surface area contributed by atoms with Crippen LogP contribution in [-0.2, 0) is 4.79 Å². The van der Waals surface area contributed by atoms with Crippen molar-refractivity contribution < 1.29 is 4.79 Å². The maximum atomic E-state index is 11.8. The van der Waals surface area contributed by atoms with Crippen LogP contribution in [0.4, 0.5) is 0 Å². The van der Waals surface area contributed by atoms with Gasteiger partial charge in [0.25, 0.3) is 0 Å². The van der Waals surface area contributed by atoms with Crippen LogP contribution in [-0.4, -0.2) is 25.0 Å². The number of nitrogens with zero attached hydrogens (tertiary/aromatic N) is 1. The molecule has 76 valence electrons. The van der Waals surface area contributed by atoms with Crippen molar-refractivity contribution in [2.24, 2.45) is 10.8 Å². The Labute approximate surface area is 80.5 Å². The molecule has 1 aliphatic rings. The Morgan fingerprint density at radius 2 is 1.77 bits per heavy atom. The number of carbonyl (C=O) groups excluding carboxylic acids is 1. The molecule has 0 aromatic rings. The van der Waals surface area contributed by atoms with Crippen LogP contribution in [0.3, 0.4) is 0 Å². The van der Waals surface area contributed by atoms with Gasteiger partial charge in [-0.2, -0.15) is 0 Å². The van der Waals surface area contributed by atoms with Crippen LogP contribution >= 0.6 is 0 Å². The SMILES string of the molecule is CN(C)NC(=O)C1(C(C)(C)C)CC1. The van der Waals surface area contributed by atoms with Crippen LogP contribution in [0.5, 0.6) is 0 Å². The summed E-state index contributed by atoms with van der Waals surface area (Å²) in [6.07, 6.45) is 2.05. The first-order chi connectivity index (χ1) is 5.79. The molecule has 0 heterocycles. The van der Waals surface area contributed by atoms with Crippen molar-refractivity contribution in [1.29, 1.82) is 0 Å². The van der Waals surface area contributed by atoms with Gasteiger partial charge in [-0.25, -0.2) is 5.01 Å². The highest BCUT2D eigenvalue weighted by molar-refractivity contribution is 5.85. The smallest absolute Gasteiger partial charge is 0.241 e. The quantitative estimate of drug-likeness (QED) is 0.658. The summed E-state index contributed by atoms with van der Waals surface area (Å²) in [5, 5.41) is 1.72. The Balaban J connectivity index is 2.66. The lowest BCUT2D eigenvalue weighted by Gasteiger charge is -2.30. The summed E-state index contributed by atoms with van der Waals surface area (Å²) in [5.41, 5.74) is 2.81. The van der Waals surface area contributed by atoms with Gasteiger partial charge in [-0.3, -0.25) is 10.2 Å². The Bertz CT molecular complexity index is 211. The van der Waals surface area contributed by atoms with E-state index in [1.54, 1.807) is 5.01 Å². The van der Waals surface area contributed by atoms with Gasteiger partial charge in [-0.1, -0.05) is 20.8 Å². The number of hydrogen-bond donors (Lipinski definition) is 1. The van der Waals surface area contributed by atoms with Gasteiger partial charge in [-0.15, -0.1) is 0 Å². The summed E-state index contributed by atoms with van der Waals surface area (Å²) in [5.74, 6) is 0.171. The number of nitrogens with one attached hydrogen (secondary N) is 1. The van der Waals surface area contributed by atoms with Crippen LogP contribution in [0.15, 0.2) is 0 Å². The van der Waals surface area contributed by atoms with Crippen molar-refractivity contribution in [3.8, 4) is 0 Å². The van der Waals surface area contributed by atoms with Crippen LogP contribution < -0.4 is 5.43 Å². The van der Waals surface area contributed by atoms with Crippen molar-refractivity contribution >= 4 is 5.91 Å². The zero-order valence-electron chi connectivity index (χ0n) is 9.27. The van der Waals surface area contributed by atoms with E-state index < -0.39 is 0 Å². The van der Waals surface area contributed by atoms with E-state index in [2.05, 4.69) is 26.2 Å².